The van der Waals surface area contributed by atoms with Gasteiger partial charge in [0.25, 0.3) is 0 Å². The Bertz CT molecular complexity index is 846. The molecule has 0 saturated heterocycles. The van der Waals surface area contributed by atoms with Gasteiger partial charge in [-0.3, -0.25) is 0 Å². The van der Waals surface area contributed by atoms with Crippen molar-refractivity contribution in [2.45, 2.75) is 11.7 Å². The fourth-order valence-electron chi connectivity index (χ4n) is 3.45. The number of aliphatic hydroxyl groups excluding tert-OH is 2. The standard InChI is InChI=1S/C22H20O4/c23-14-17(24)15-25-22(16-8-2-1-3-9-16)18-10-4-6-12-20(18)26-21-13-7-5-11-19(21)22/h1-13,17,23-24H,14-15H2/t17-/m1/s1. The highest BCUT2D eigenvalue weighted by Crippen LogP contribution is 2.52. The highest BCUT2D eigenvalue weighted by atomic mass is 16.5. The molecular weight excluding hydrogens is 328 g/mol. The summed E-state index contributed by atoms with van der Waals surface area (Å²) in [6, 6.07) is 25.4. The van der Waals surface area contributed by atoms with Gasteiger partial charge >= 0.3 is 0 Å². The maximum atomic E-state index is 9.94. The molecule has 0 unspecified atom stereocenters. The number of aliphatic hydroxyl groups is 2. The number of benzene rings is 3. The Morgan fingerprint density at radius 3 is 1.92 bits per heavy atom. The molecule has 132 valence electrons. The van der Waals surface area contributed by atoms with Gasteiger partial charge in [-0.15, -0.1) is 0 Å². The third-order valence-electron chi connectivity index (χ3n) is 4.64. The van der Waals surface area contributed by atoms with Crippen molar-refractivity contribution in [2.24, 2.45) is 0 Å². The van der Waals surface area contributed by atoms with Gasteiger partial charge in [0, 0.05) is 11.1 Å². The van der Waals surface area contributed by atoms with E-state index < -0.39 is 11.7 Å². The van der Waals surface area contributed by atoms with E-state index in [0.29, 0.717) is 11.5 Å². The van der Waals surface area contributed by atoms with Gasteiger partial charge < -0.3 is 19.7 Å². The first kappa shape index (κ1) is 16.8. The lowest BCUT2D eigenvalue weighted by molar-refractivity contribution is -0.0556. The van der Waals surface area contributed by atoms with Crippen LogP contribution in [-0.2, 0) is 10.3 Å². The number of rotatable bonds is 5. The molecule has 0 radical (unpaired) electrons. The van der Waals surface area contributed by atoms with Crippen LogP contribution < -0.4 is 4.74 Å². The Morgan fingerprint density at radius 2 is 1.35 bits per heavy atom. The molecule has 4 nitrogen and oxygen atoms in total. The zero-order chi connectivity index (χ0) is 18.0. The molecule has 0 saturated carbocycles. The third kappa shape index (κ3) is 2.69. The van der Waals surface area contributed by atoms with E-state index in [4.69, 9.17) is 9.47 Å². The molecule has 4 rings (SSSR count). The van der Waals surface area contributed by atoms with Gasteiger partial charge in [-0.05, 0) is 17.7 Å². The summed E-state index contributed by atoms with van der Waals surface area (Å²) in [4.78, 5) is 0. The van der Waals surface area contributed by atoms with Crippen molar-refractivity contribution < 1.29 is 19.7 Å². The number of hydrogen-bond donors (Lipinski definition) is 2. The molecule has 0 amide bonds. The van der Waals surface area contributed by atoms with E-state index in [-0.39, 0.29) is 13.2 Å². The van der Waals surface area contributed by atoms with Crippen molar-refractivity contribution >= 4 is 0 Å². The predicted molar refractivity (Wildman–Crippen MR) is 98.3 cm³/mol. The quantitative estimate of drug-likeness (QED) is 0.741. The van der Waals surface area contributed by atoms with Crippen LogP contribution in [0.15, 0.2) is 78.9 Å². The largest absolute Gasteiger partial charge is 0.457 e. The number of ether oxygens (including phenoxy) is 2. The van der Waals surface area contributed by atoms with Crippen LogP contribution in [0, 0.1) is 0 Å². The average molecular weight is 348 g/mol. The minimum absolute atomic E-state index is 0.00589. The average Bonchev–Trinajstić information content (AvgIpc) is 2.71. The van der Waals surface area contributed by atoms with Crippen molar-refractivity contribution in [2.75, 3.05) is 13.2 Å². The summed E-state index contributed by atoms with van der Waals surface area (Å²) in [5.41, 5.74) is 1.75. The fourth-order valence-corrected chi connectivity index (χ4v) is 3.45. The molecule has 1 atom stereocenters. The van der Waals surface area contributed by atoms with E-state index in [1.165, 1.54) is 0 Å². The van der Waals surface area contributed by atoms with Gasteiger partial charge in [0.15, 0.2) is 5.60 Å². The predicted octanol–water partition coefficient (Wildman–Crippen LogP) is 3.45. The molecule has 3 aromatic rings. The molecule has 4 heteroatoms. The van der Waals surface area contributed by atoms with Crippen LogP contribution in [0.25, 0.3) is 0 Å². The summed E-state index contributed by atoms with van der Waals surface area (Å²) in [5.74, 6) is 1.43. The molecule has 1 aliphatic rings. The molecule has 26 heavy (non-hydrogen) atoms. The van der Waals surface area contributed by atoms with Gasteiger partial charge in [0.2, 0.25) is 0 Å². The van der Waals surface area contributed by atoms with Gasteiger partial charge in [-0.2, -0.15) is 0 Å². The van der Waals surface area contributed by atoms with Gasteiger partial charge in [0.1, 0.15) is 17.6 Å². The Kier molecular flexibility index (Phi) is 4.47. The zero-order valence-corrected chi connectivity index (χ0v) is 14.2. The van der Waals surface area contributed by atoms with Crippen LogP contribution in [0.4, 0.5) is 0 Å². The molecule has 0 aromatic heterocycles. The van der Waals surface area contributed by atoms with E-state index in [0.717, 1.165) is 16.7 Å². The second-order valence-electron chi connectivity index (χ2n) is 6.29. The van der Waals surface area contributed by atoms with E-state index in [1.807, 2.05) is 78.9 Å². The molecule has 1 heterocycles. The summed E-state index contributed by atoms with van der Waals surface area (Å²) in [7, 11) is 0. The number of fused-ring (bicyclic) bond motifs is 2. The summed E-state index contributed by atoms with van der Waals surface area (Å²) in [5, 5.41) is 19.2. The number of hydrogen-bond acceptors (Lipinski definition) is 4. The van der Waals surface area contributed by atoms with Gasteiger partial charge in [-0.1, -0.05) is 66.7 Å². The highest BCUT2D eigenvalue weighted by molar-refractivity contribution is 5.61. The molecule has 0 spiro atoms. The van der Waals surface area contributed by atoms with Crippen molar-refractivity contribution in [3.63, 3.8) is 0 Å². The van der Waals surface area contributed by atoms with Crippen LogP contribution in [0.3, 0.4) is 0 Å². The maximum absolute atomic E-state index is 9.94. The molecular formula is C22H20O4. The molecule has 0 fully saturated rings. The minimum atomic E-state index is -0.960. The van der Waals surface area contributed by atoms with E-state index in [1.54, 1.807) is 0 Å². The minimum Gasteiger partial charge on any atom is -0.457 e. The van der Waals surface area contributed by atoms with E-state index in [2.05, 4.69) is 0 Å². The van der Waals surface area contributed by atoms with E-state index >= 15 is 0 Å². The monoisotopic (exact) mass is 348 g/mol. The highest BCUT2D eigenvalue weighted by Gasteiger charge is 2.45. The summed E-state index contributed by atoms with van der Waals surface area (Å²) < 4.78 is 12.5. The third-order valence-corrected chi connectivity index (χ3v) is 4.64. The zero-order valence-electron chi connectivity index (χ0n) is 14.2. The van der Waals surface area contributed by atoms with Crippen molar-refractivity contribution in [3.8, 4) is 11.5 Å². The Hall–Kier alpha value is -2.66. The Morgan fingerprint density at radius 1 is 0.808 bits per heavy atom. The Balaban J connectivity index is 1.98. The Labute approximate surface area is 152 Å². The lowest BCUT2D eigenvalue weighted by Crippen LogP contribution is -2.38. The smallest absolute Gasteiger partial charge is 0.151 e. The van der Waals surface area contributed by atoms with Crippen molar-refractivity contribution in [3.05, 3.63) is 95.6 Å². The first-order valence-electron chi connectivity index (χ1n) is 8.61. The lowest BCUT2D eigenvalue weighted by atomic mass is 9.78. The van der Waals surface area contributed by atoms with Crippen molar-refractivity contribution in [1.29, 1.82) is 0 Å². The first-order chi connectivity index (χ1) is 12.8. The van der Waals surface area contributed by atoms with Crippen LogP contribution >= 0.6 is 0 Å². The van der Waals surface area contributed by atoms with Crippen LogP contribution in [0.1, 0.15) is 16.7 Å². The SMILES string of the molecule is OC[C@@H](O)COC1(c2ccccc2)c2ccccc2Oc2ccccc21. The summed E-state index contributed by atoms with van der Waals surface area (Å²) in [6.07, 6.45) is -0.960. The fraction of sp³-hybridized carbons (Fsp3) is 0.182. The first-order valence-corrected chi connectivity index (χ1v) is 8.61. The second kappa shape index (κ2) is 6.92. The second-order valence-corrected chi connectivity index (χ2v) is 6.29. The number of para-hydroxylation sites is 2. The van der Waals surface area contributed by atoms with Crippen molar-refractivity contribution in [1.82, 2.24) is 0 Å². The lowest BCUT2D eigenvalue weighted by Gasteiger charge is -2.40. The van der Waals surface area contributed by atoms with Gasteiger partial charge in [-0.25, -0.2) is 0 Å². The molecule has 1 aliphatic heterocycles. The summed E-state index contributed by atoms with van der Waals surface area (Å²) in [6.45, 7) is -0.362. The van der Waals surface area contributed by atoms with Crippen LogP contribution in [0.5, 0.6) is 11.5 Å². The molecule has 3 aromatic carbocycles. The summed E-state index contributed by atoms with van der Waals surface area (Å²) >= 11 is 0. The maximum Gasteiger partial charge on any atom is 0.151 e. The molecule has 2 N–H and O–H groups in total. The molecule has 0 aliphatic carbocycles. The normalized spacial score (nSPS) is 15.5. The topological polar surface area (TPSA) is 58.9 Å². The van der Waals surface area contributed by atoms with Crippen LogP contribution in [0.2, 0.25) is 0 Å². The van der Waals surface area contributed by atoms with Gasteiger partial charge in [0.05, 0.1) is 13.2 Å². The van der Waals surface area contributed by atoms with Crippen LogP contribution in [-0.4, -0.2) is 29.5 Å². The molecule has 0 bridgehead atoms. The van der Waals surface area contributed by atoms with E-state index in [9.17, 15) is 10.2 Å².